The molecule has 5 aromatic rings. The number of rotatable bonds is 4. The summed E-state index contributed by atoms with van der Waals surface area (Å²) in [5.74, 6) is -0.635. The van der Waals surface area contributed by atoms with Gasteiger partial charge in [-0.25, -0.2) is 13.6 Å². The summed E-state index contributed by atoms with van der Waals surface area (Å²) in [6, 6.07) is 19.9. The first-order valence-electron chi connectivity index (χ1n) is 13.8. The van der Waals surface area contributed by atoms with Crippen LogP contribution in [-0.4, -0.2) is 77.4 Å². The van der Waals surface area contributed by atoms with Crippen molar-refractivity contribution in [1.29, 1.82) is 0 Å². The molecule has 5 heterocycles. The molecule has 7 rings (SSSR count). The number of aromatic amines is 1. The number of aromatic nitrogens is 2. The lowest BCUT2D eigenvalue weighted by Crippen LogP contribution is -2.37. The van der Waals surface area contributed by atoms with Crippen LogP contribution in [0.5, 0.6) is 0 Å². The van der Waals surface area contributed by atoms with Gasteiger partial charge in [-0.2, -0.15) is 13.2 Å². The Morgan fingerprint density at radius 2 is 1.42 bits per heavy atom. The Hall–Kier alpha value is -5.27. The van der Waals surface area contributed by atoms with Crippen LogP contribution < -0.4 is 10.6 Å². The average Bonchev–Trinajstić information content (AvgIpc) is 3.65. The Balaban J connectivity index is 0.000000460. The molecule has 3 aromatic heterocycles. The maximum absolute atomic E-state index is 13.4. The van der Waals surface area contributed by atoms with Gasteiger partial charge in [0.15, 0.2) is 0 Å². The van der Waals surface area contributed by atoms with E-state index >= 15 is 0 Å². The number of benzene rings is 2. The highest BCUT2D eigenvalue weighted by Crippen LogP contribution is 2.30. The number of halogens is 5. The SMILES string of the molecule is FC1CN=C(c2ccc3cc(-c4ccc(-c5cc6ccc(C7=NCC(F)CN7)cc6o5)cn4)[nH]c3c2)NC1.O=C(O)C(F)(F)F. The summed E-state index contributed by atoms with van der Waals surface area (Å²) in [4.78, 5) is 25.6. The number of hydrogen-bond acceptors (Lipinski definition) is 7. The van der Waals surface area contributed by atoms with Gasteiger partial charge < -0.3 is 25.1 Å². The minimum Gasteiger partial charge on any atom is -0.475 e. The largest absolute Gasteiger partial charge is 0.490 e. The van der Waals surface area contributed by atoms with Crippen LogP contribution in [0.4, 0.5) is 22.0 Å². The van der Waals surface area contributed by atoms with Gasteiger partial charge in [0.05, 0.1) is 24.5 Å². The highest BCUT2D eigenvalue weighted by Gasteiger charge is 2.38. The molecule has 9 nitrogen and oxygen atoms in total. The molecule has 0 saturated heterocycles. The summed E-state index contributed by atoms with van der Waals surface area (Å²) in [5.41, 5.74) is 6.07. The lowest BCUT2D eigenvalue weighted by Gasteiger charge is -2.17. The van der Waals surface area contributed by atoms with Crippen molar-refractivity contribution < 1.29 is 36.3 Å². The zero-order chi connectivity index (χ0) is 31.7. The highest BCUT2D eigenvalue weighted by atomic mass is 19.4. The molecule has 14 heteroatoms. The molecule has 232 valence electrons. The molecule has 2 aliphatic rings. The molecule has 2 aliphatic heterocycles. The van der Waals surface area contributed by atoms with Crippen LogP contribution in [-0.2, 0) is 4.79 Å². The topological polar surface area (TPSA) is 128 Å². The van der Waals surface area contributed by atoms with Crippen LogP contribution >= 0.6 is 0 Å². The molecule has 2 aromatic carbocycles. The van der Waals surface area contributed by atoms with Gasteiger partial charge >= 0.3 is 12.1 Å². The van der Waals surface area contributed by atoms with Gasteiger partial charge in [0, 0.05) is 52.3 Å². The van der Waals surface area contributed by atoms with Crippen LogP contribution in [0, 0.1) is 0 Å². The molecule has 2 atom stereocenters. The summed E-state index contributed by atoms with van der Waals surface area (Å²) < 4.78 is 64.7. The van der Waals surface area contributed by atoms with Crippen molar-refractivity contribution in [1.82, 2.24) is 20.6 Å². The normalized spacial score (nSPS) is 18.3. The van der Waals surface area contributed by atoms with Gasteiger partial charge in [0.1, 0.15) is 35.4 Å². The van der Waals surface area contributed by atoms with Gasteiger partial charge in [0.2, 0.25) is 0 Å². The summed E-state index contributed by atoms with van der Waals surface area (Å²) >= 11 is 0. The number of aliphatic imine (C=N–C) groups is 2. The van der Waals surface area contributed by atoms with Crippen molar-refractivity contribution >= 4 is 39.5 Å². The molecule has 45 heavy (non-hydrogen) atoms. The van der Waals surface area contributed by atoms with Crippen LogP contribution in [0.25, 0.3) is 44.6 Å². The number of fused-ring (bicyclic) bond motifs is 2. The maximum atomic E-state index is 13.4. The molecule has 0 saturated carbocycles. The van der Waals surface area contributed by atoms with Crippen molar-refractivity contribution in [3.63, 3.8) is 0 Å². The summed E-state index contributed by atoms with van der Waals surface area (Å²) in [6.45, 7) is 0.908. The molecular formula is C31H25F5N6O3. The molecule has 0 spiro atoms. The third-order valence-electron chi connectivity index (χ3n) is 7.13. The minimum atomic E-state index is -5.08. The van der Waals surface area contributed by atoms with Gasteiger partial charge in [-0.15, -0.1) is 0 Å². The second-order valence-corrected chi connectivity index (χ2v) is 10.4. The molecule has 0 aliphatic carbocycles. The van der Waals surface area contributed by atoms with E-state index in [0.29, 0.717) is 11.7 Å². The van der Waals surface area contributed by atoms with Crippen LogP contribution in [0.3, 0.4) is 0 Å². The van der Waals surface area contributed by atoms with E-state index in [1.165, 1.54) is 0 Å². The van der Waals surface area contributed by atoms with Crippen molar-refractivity contribution in [3.8, 4) is 22.7 Å². The first kappa shape index (κ1) is 29.8. The maximum Gasteiger partial charge on any atom is 0.490 e. The fraction of sp³-hybridized carbons (Fsp3) is 0.226. The zero-order valence-electron chi connectivity index (χ0n) is 23.3. The van der Waals surface area contributed by atoms with E-state index in [2.05, 4.69) is 36.7 Å². The van der Waals surface area contributed by atoms with E-state index in [1.807, 2.05) is 54.6 Å². The number of furan rings is 1. The number of H-pyrrole nitrogens is 1. The Labute approximate surface area is 251 Å². The third-order valence-corrected chi connectivity index (χ3v) is 7.13. The number of carboxylic acids is 1. The van der Waals surface area contributed by atoms with Gasteiger partial charge in [0.25, 0.3) is 0 Å². The number of aliphatic carboxylic acids is 1. The van der Waals surface area contributed by atoms with Gasteiger partial charge in [-0.05, 0) is 36.4 Å². The van der Waals surface area contributed by atoms with E-state index in [4.69, 9.17) is 14.3 Å². The molecular weight excluding hydrogens is 599 g/mol. The number of hydrogen-bond donors (Lipinski definition) is 4. The van der Waals surface area contributed by atoms with E-state index in [9.17, 15) is 22.0 Å². The number of nitrogens with one attached hydrogen (secondary N) is 3. The average molecular weight is 625 g/mol. The lowest BCUT2D eigenvalue weighted by atomic mass is 10.1. The number of alkyl halides is 5. The van der Waals surface area contributed by atoms with E-state index < -0.39 is 24.5 Å². The fourth-order valence-electron chi connectivity index (χ4n) is 4.86. The standard InChI is InChI=1S/C29H24F2N6O.C2HF3O2/c30-21-12-33-28(34-13-21)18-3-1-16-7-25(37-24(16)8-18)23-6-5-20(11-32-23)27-9-17-2-4-19(10-26(17)38-27)29-35-14-22(31)15-36-29;3-2(4,5)1(6)7/h1-11,21-22,37H,12-15H2,(H,33,34)(H,35,36);(H,6,7). The third kappa shape index (κ3) is 6.64. The molecule has 0 bridgehead atoms. The van der Waals surface area contributed by atoms with Crippen LogP contribution in [0.1, 0.15) is 11.1 Å². The fourth-order valence-corrected chi connectivity index (χ4v) is 4.86. The van der Waals surface area contributed by atoms with Crippen molar-refractivity contribution in [3.05, 3.63) is 78.0 Å². The molecule has 4 N–H and O–H groups in total. The number of amidine groups is 2. The Morgan fingerprint density at radius 1 is 0.822 bits per heavy atom. The number of carbonyl (C=O) groups is 1. The van der Waals surface area contributed by atoms with E-state index in [1.54, 1.807) is 6.20 Å². The second-order valence-electron chi connectivity index (χ2n) is 10.4. The highest BCUT2D eigenvalue weighted by molar-refractivity contribution is 6.03. The second kappa shape index (κ2) is 12.0. The molecule has 0 fully saturated rings. The number of nitrogens with zero attached hydrogens (tertiary/aromatic N) is 3. The van der Waals surface area contributed by atoms with Crippen molar-refractivity contribution in [2.24, 2.45) is 9.98 Å². The zero-order valence-corrected chi connectivity index (χ0v) is 23.3. The van der Waals surface area contributed by atoms with Crippen molar-refractivity contribution in [2.45, 2.75) is 18.5 Å². The number of carboxylic acid groups (broad SMARTS) is 1. The molecule has 0 radical (unpaired) electrons. The Kier molecular flexibility index (Phi) is 7.96. The predicted molar refractivity (Wildman–Crippen MR) is 159 cm³/mol. The summed E-state index contributed by atoms with van der Waals surface area (Å²) in [5, 5.41) is 15.2. The molecule has 2 unspecified atom stereocenters. The smallest absolute Gasteiger partial charge is 0.475 e. The van der Waals surface area contributed by atoms with Gasteiger partial charge in [-0.3, -0.25) is 15.0 Å². The van der Waals surface area contributed by atoms with E-state index in [-0.39, 0.29) is 26.2 Å². The predicted octanol–water partition coefficient (Wildman–Crippen LogP) is 5.65. The van der Waals surface area contributed by atoms with Crippen LogP contribution in [0.15, 0.2) is 81.3 Å². The number of pyridine rings is 1. The summed E-state index contributed by atoms with van der Waals surface area (Å²) in [6.07, 6.45) is -5.17. The Morgan fingerprint density at radius 3 is 1.98 bits per heavy atom. The monoisotopic (exact) mass is 624 g/mol. The summed E-state index contributed by atoms with van der Waals surface area (Å²) in [7, 11) is 0. The minimum absolute atomic E-state index is 0.173. The van der Waals surface area contributed by atoms with Crippen molar-refractivity contribution in [2.75, 3.05) is 26.2 Å². The Bertz CT molecular complexity index is 1800. The van der Waals surface area contributed by atoms with Gasteiger partial charge in [-0.1, -0.05) is 24.3 Å². The first-order valence-corrected chi connectivity index (χ1v) is 13.8. The molecule has 0 amide bonds. The lowest BCUT2D eigenvalue weighted by molar-refractivity contribution is -0.192. The van der Waals surface area contributed by atoms with Crippen LogP contribution in [0.2, 0.25) is 0 Å². The first-order chi connectivity index (χ1) is 21.5. The quantitative estimate of drug-likeness (QED) is 0.191. The van der Waals surface area contributed by atoms with E-state index in [0.717, 1.165) is 55.7 Å².